The molecular formula is C16H25N3O3. The number of hydrogen-bond acceptors (Lipinski definition) is 5. The summed E-state index contributed by atoms with van der Waals surface area (Å²) in [6.07, 6.45) is 1.82. The molecule has 122 valence electrons. The van der Waals surface area contributed by atoms with Crippen LogP contribution in [-0.4, -0.2) is 66.9 Å². The molecule has 1 aromatic heterocycles. The minimum Gasteiger partial charge on any atom is -0.481 e. The molecule has 2 heterocycles. The second-order valence-corrected chi connectivity index (χ2v) is 5.83. The molecule has 0 spiro atoms. The van der Waals surface area contributed by atoms with Crippen LogP contribution in [0.25, 0.3) is 0 Å². The van der Waals surface area contributed by atoms with E-state index in [0.717, 1.165) is 50.8 Å². The van der Waals surface area contributed by atoms with Crippen molar-refractivity contribution >= 4 is 11.8 Å². The van der Waals surface area contributed by atoms with Gasteiger partial charge in [-0.3, -0.25) is 9.69 Å². The minimum atomic E-state index is -0.775. The van der Waals surface area contributed by atoms with Crippen LogP contribution in [0.1, 0.15) is 12.5 Å². The van der Waals surface area contributed by atoms with Crippen LogP contribution in [0.15, 0.2) is 18.3 Å². The normalized spacial score (nSPS) is 17.2. The van der Waals surface area contributed by atoms with Gasteiger partial charge in [-0.25, -0.2) is 4.98 Å². The van der Waals surface area contributed by atoms with Gasteiger partial charge in [0.1, 0.15) is 5.82 Å². The molecule has 6 nitrogen and oxygen atoms in total. The van der Waals surface area contributed by atoms with Crippen LogP contribution < -0.4 is 4.90 Å². The van der Waals surface area contributed by atoms with Crippen LogP contribution in [0, 0.1) is 12.8 Å². The smallest absolute Gasteiger partial charge is 0.308 e. The maximum atomic E-state index is 11.2. The Bertz CT molecular complexity index is 472. The molecule has 22 heavy (non-hydrogen) atoms. The van der Waals surface area contributed by atoms with Gasteiger partial charge >= 0.3 is 5.97 Å². The Labute approximate surface area is 131 Å². The molecule has 0 aliphatic carbocycles. The van der Waals surface area contributed by atoms with E-state index in [9.17, 15) is 4.79 Å². The second-order valence-electron chi connectivity index (χ2n) is 5.83. The third-order valence-electron chi connectivity index (χ3n) is 3.93. The Morgan fingerprint density at radius 2 is 2.18 bits per heavy atom. The van der Waals surface area contributed by atoms with Gasteiger partial charge in [0, 0.05) is 38.9 Å². The molecule has 0 radical (unpaired) electrons. The van der Waals surface area contributed by atoms with Crippen molar-refractivity contribution in [3.8, 4) is 0 Å². The van der Waals surface area contributed by atoms with Crippen molar-refractivity contribution in [3.63, 3.8) is 0 Å². The highest BCUT2D eigenvalue weighted by Crippen LogP contribution is 2.14. The van der Waals surface area contributed by atoms with Gasteiger partial charge in [-0.2, -0.15) is 0 Å². The third kappa shape index (κ3) is 4.96. The summed E-state index contributed by atoms with van der Waals surface area (Å²) in [5.74, 6) is -0.358. The van der Waals surface area contributed by atoms with Gasteiger partial charge in [-0.15, -0.1) is 0 Å². The summed E-state index contributed by atoms with van der Waals surface area (Å²) in [5, 5.41) is 9.16. The number of carboxylic acids is 1. The highest BCUT2D eigenvalue weighted by molar-refractivity contribution is 5.70. The first-order valence-electron chi connectivity index (χ1n) is 7.77. The number of ether oxygens (including phenoxy) is 1. The fraction of sp³-hybridized carbons (Fsp3) is 0.625. The van der Waals surface area contributed by atoms with Crippen molar-refractivity contribution in [2.24, 2.45) is 5.92 Å². The molecule has 0 amide bonds. The maximum absolute atomic E-state index is 11.2. The number of aromatic nitrogens is 1. The number of morpholine rings is 1. The quantitative estimate of drug-likeness (QED) is 0.818. The molecule has 1 fully saturated rings. The molecule has 1 aliphatic rings. The highest BCUT2D eigenvalue weighted by Gasteiger charge is 2.19. The van der Waals surface area contributed by atoms with Crippen LogP contribution >= 0.6 is 0 Å². The molecule has 6 heteroatoms. The molecule has 1 atom stereocenters. The van der Waals surface area contributed by atoms with E-state index >= 15 is 0 Å². The average molecular weight is 307 g/mol. The van der Waals surface area contributed by atoms with Crippen molar-refractivity contribution in [2.45, 2.75) is 13.8 Å². The van der Waals surface area contributed by atoms with Gasteiger partial charge in [-0.05, 0) is 18.6 Å². The monoisotopic (exact) mass is 307 g/mol. The first-order valence-corrected chi connectivity index (χ1v) is 7.77. The third-order valence-corrected chi connectivity index (χ3v) is 3.93. The summed E-state index contributed by atoms with van der Waals surface area (Å²) in [6.45, 7) is 9.28. The molecule has 2 rings (SSSR count). The van der Waals surface area contributed by atoms with E-state index in [-0.39, 0.29) is 0 Å². The lowest BCUT2D eigenvalue weighted by Crippen LogP contribution is -2.43. The number of pyridine rings is 1. The Morgan fingerprint density at radius 3 is 2.77 bits per heavy atom. The molecule has 0 bridgehead atoms. The number of rotatable bonds is 7. The maximum Gasteiger partial charge on any atom is 0.308 e. The number of nitrogens with zero attached hydrogens (tertiary/aromatic N) is 3. The largest absolute Gasteiger partial charge is 0.481 e. The Hall–Kier alpha value is -1.66. The highest BCUT2D eigenvalue weighted by atomic mass is 16.5. The SMILES string of the molecule is Cc1ccc(N(CCN2CCOCC2)CC(C)C(=O)O)nc1. The lowest BCUT2D eigenvalue weighted by Gasteiger charge is -2.31. The number of carboxylic acid groups (broad SMARTS) is 1. The van der Waals surface area contributed by atoms with Crippen molar-refractivity contribution < 1.29 is 14.6 Å². The van der Waals surface area contributed by atoms with E-state index in [4.69, 9.17) is 9.84 Å². The average Bonchev–Trinajstić information content (AvgIpc) is 2.53. The standard InChI is InChI=1S/C16H25N3O3/c1-13-3-4-15(17-11-13)19(12-14(2)16(20)21)6-5-18-7-9-22-10-8-18/h3-4,11,14H,5-10,12H2,1-2H3,(H,20,21). The van der Waals surface area contributed by atoms with Gasteiger partial charge in [0.05, 0.1) is 19.1 Å². The second kappa shape index (κ2) is 8.10. The summed E-state index contributed by atoms with van der Waals surface area (Å²) in [4.78, 5) is 20.0. The topological polar surface area (TPSA) is 65.9 Å². The predicted molar refractivity (Wildman–Crippen MR) is 85.2 cm³/mol. The Morgan fingerprint density at radius 1 is 1.45 bits per heavy atom. The summed E-state index contributed by atoms with van der Waals surface area (Å²) in [5.41, 5.74) is 1.10. The summed E-state index contributed by atoms with van der Waals surface area (Å²) in [6, 6.07) is 3.97. The number of aliphatic carboxylic acids is 1. The van der Waals surface area contributed by atoms with E-state index in [1.807, 2.05) is 25.3 Å². The van der Waals surface area contributed by atoms with E-state index in [1.54, 1.807) is 6.92 Å². The van der Waals surface area contributed by atoms with E-state index < -0.39 is 11.9 Å². The lowest BCUT2D eigenvalue weighted by atomic mass is 10.1. The van der Waals surface area contributed by atoms with Crippen LogP contribution in [0.5, 0.6) is 0 Å². The van der Waals surface area contributed by atoms with Crippen LogP contribution in [-0.2, 0) is 9.53 Å². The van der Waals surface area contributed by atoms with Gasteiger partial charge in [0.2, 0.25) is 0 Å². The molecule has 1 aliphatic heterocycles. The molecule has 1 saturated heterocycles. The summed E-state index contributed by atoms with van der Waals surface area (Å²) < 4.78 is 5.36. The molecular weight excluding hydrogens is 282 g/mol. The zero-order valence-electron chi connectivity index (χ0n) is 13.4. The zero-order valence-corrected chi connectivity index (χ0v) is 13.4. The molecule has 1 aromatic rings. The van der Waals surface area contributed by atoms with Crippen molar-refractivity contribution in [3.05, 3.63) is 23.9 Å². The lowest BCUT2D eigenvalue weighted by molar-refractivity contribution is -0.140. The fourth-order valence-electron chi connectivity index (χ4n) is 2.44. The molecule has 1 unspecified atom stereocenters. The molecule has 1 N–H and O–H groups in total. The molecule has 0 aromatic carbocycles. The zero-order chi connectivity index (χ0) is 15.9. The Kier molecular flexibility index (Phi) is 6.15. The number of aryl methyl sites for hydroxylation is 1. The summed E-state index contributed by atoms with van der Waals surface area (Å²) in [7, 11) is 0. The number of carbonyl (C=O) groups is 1. The molecule has 0 saturated carbocycles. The minimum absolute atomic E-state index is 0.423. The summed E-state index contributed by atoms with van der Waals surface area (Å²) >= 11 is 0. The van der Waals surface area contributed by atoms with Crippen LogP contribution in [0.4, 0.5) is 5.82 Å². The van der Waals surface area contributed by atoms with E-state index in [2.05, 4.69) is 14.8 Å². The van der Waals surface area contributed by atoms with Crippen molar-refractivity contribution in [1.29, 1.82) is 0 Å². The first kappa shape index (κ1) is 16.7. The van der Waals surface area contributed by atoms with Gasteiger partial charge in [-0.1, -0.05) is 13.0 Å². The van der Waals surface area contributed by atoms with Crippen molar-refractivity contribution in [1.82, 2.24) is 9.88 Å². The first-order chi connectivity index (χ1) is 10.6. The van der Waals surface area contributed by atoms with Crippen LogP contribution in [0.2, 0.25) is 0 Å². The predicted octanol–water partition coefficient (Wildman–Crippen LogP) is 1.25. The van der Waals surface area contributed by atoms with Gasteiger partial charge < -0.3 is 14.7 Å². The number of anilines is 1. The van der Waals surface area contributed by atoms with Gasteiger partial charge in [0.15, 0.2) is 0 Å². The van der Waals surface area contributed by atoms with E-state index in [1.165, 1.54) is 0 Å². The number of hydrogen-bond donors (Lipinski definition) is 1. The van der Waals surface area contributed by atoms with Crippen molar-refractivity contribution in [2.75, 3.05) is 50.8 Å². The Balaban J connectivity index is 2.00. The van der Waals surface area contributed by atoms with Gasteiger partial charge in [0.25, 0.3) is 0 Å². The van der Waals surface area contributed by atoms with Crippen LogP contribution in [0.3, 0.4) is 0 Å². The van der Waals surface area contributed by atoms with E-state index in [0.29, 0.717) is 6.54 Å². The fourth-order valence-corrected chi connectivity index (χ4v) is 2.44.